The lowest BCUT2D eigenvalue weighted by atomic mass is 10.2. The Bertz CT molecular complexity index is 1370. The number of nitrogens with zero attached hydrogens (tertiary/aromatic N) is 3. The Kier molecular flexibility index (Phi) is 4.18. The maximum atomic E-state index is 13.6. The number of rotatable bonds is 1. The Balaban J connectivity index is 1.89. The molecule has 2 aliphatic rings. The van der Waals surface area contributed by atoms with Crippen LogP contribution in [0.5, 0.6) is 0 Å². The van der Waals surface area contributed by atoms with Crippen LogP contribution in [0, 0.1) is 0 Å². The fourth-order valence-electron chi connectivity index (χ4n) is 3.45. The topological polar surface area (TPSA) is 66.7 Å². The minimum absolute atomic E-state index is 0.140. The predicted molar refractivity (Wildman–Crippen MR) is 118 cm³/mol. The molecule has 0 bridgehead atoms. The molecule has 1 amide bonds. The number of carbonyl (C=O) groups is 1. The van der Waals surface area contributed by atoms with Gasteiger partial charge in [0.25, 0.3) is 11.5 Å². The van der Waals surface area contributed by atoms with E-state index in [-0.39, 0.29) is 11.5 Å². The van der Waals surface area contributed by atoms with E-state index in [1.807, 2.05) is 66.5 Å². The van der Waals surface area contributed by atoms with Crippen molar-refractivity contribution in [1.29, 1.82) is 0 Å². The second-order valence-corrected chi connectivity index (χ2v) is 8.69. The largest absolute Gasteiger partial charge is 0.337 e. The highest BCUT2D eigenvalue weighted by molar-refractivity contribution is 8.08. The standard InChI is InChI=1S/C21H16N4O2S2/c1-12-16(18(26)23-22-12)20-25(13-8-4-3-5-9-13)19(27)17(29-20)21-24(2)14-10-6-7-11-15(14)28-21/h3-11H,1-2H3,(H,23,26)/b20-16+,21-17-. The molecular weight excluding hydrogens is 404 g/mol. The number of anilines is 1. The molecule has 1 aromatic heterocycles. The highest BCUT2D eigenvalue weighted by Crippen LogP contribution is 2.44. The number of nitrogens with one attached hydrogen (secondary N) is 1. The van der Waals surface area contributed by atoms with Gasteiger partial charge < -0.3 is 4.90 Å². The number of carbonyl (C=O) groups excluding carboxylic acids is 1. The van der Waals surface area contributed by atoms with Crippen LogP contribution in [0.2, 0.25) is 0 Å². The summed E-state index contributed by atoms with van der Waals surface area (Å²) in [4.78, 5) is 29.2. The van der Waals surface area contributed by atoms with E-state index in [0.29, 0.717) is 20.5 Å². The highest BCUT2D eigenvalue weighted by atomic mass is 32.2. The number of para-hydroxylation sites is 2. The fourth-order valence-corrected chi connectivity index (χ4v) is 6.00. The predicted octanol–water partition coefficient (Wildman–Crippen LogP) is 1.86. The Morgan fingerprint density at radius 3 is 2.41 bits per heavy atom. The zero-order chi connectivity index (χ0) is 20.1. The molecule has 0 saturated carbocycles. The molecule has 29 heavy (non-hydrogen) atoms. The van der Waals surface area contributed by atoms with E-state index in [1.54, 1.807) is 23.3 Å². The molecule has 0 saturated heterocycles. The summed E-state index contributed by atoms with van der Waals surface area (Å²) in [6, 6.07) is 17.4. The lowest BCUT2D eigenvalue weighted by molar-refractivity contribution is -0.115. The van der Waals surface area contributed by atoms with Gasteiger partial charge in [-0.1, -0.05) is 42.1 Å². The summed E-state index contributed by atoms with van der Waals surface area (Å²) in [6.07, 6.45) is 0. The SMILES string of the molecule is CC1=NNC(=O)/C1=c1/s/c(=C2\Sc3ccccc3N2C)c(=O)n1-c1ccccc1. The first kappa shape index (κ1) is 18.0. The van der Waals surface area contributed by atoms with Gasteiger partial charge in [-0.2, -0.15) is 5.10 Å². The zero-order valence-corrected chi connectivity index (χ0v) is 17.3. The van der Waals surface area contributed by atoms with Crippen LogP contribution >= 0.6 is 23.1 Å². The molecule has 3 aromatic rings. The van der Waals surface area contributed by atoms with Gasteiger partial charge in [0.2, 0.25) is 0 Å². The average Bonchev–Trinajstić information content (AvgIpc) is 3.36. The lowest BCUT2D eigenvalue weighted by Gasteiger charge is -2.11. The van der Waals surface area contributed by atoms with Gasteiger partial charge in [-0.15, -0.1) is 11.3 Å². The van der Waals surface area contributed by atoms with Crippen molar-refractivity contribution in [3.05, 3.63) is 74.1 Å². The van der Waals surface area contributed by atoms with Gasteiger partial charge in [0, 0.05) is 11.9 Å². The molecule has 0 spiro atoms. The normalized spacial score (nSPS) is 19.3. The number of thiazole rings is 1. The van der Waals surface area contributed by atoms with Gasteiger partial charge in [-0.05, 0) is 31.2 Å². The Labute approximate surface area is 174 Å². The molecular formula is C21H16N4O2S2. The summed E-state index contributed by atoms with van der Waals surface area (Å²) in [7, 11) is 1.96. The van der Waals surface area contributed by atoms with Gasteiger partial charge in [0.1, 0.15) is 14.2 Å². The Hall–Kier alpha value is -3.10. The molecule has 0 atom stereocenters. The summed E-state index contributed by atoms with van der Waals surface area (Å²) >= 11 is 2.90. The molecule has 0 radical (unpaired) electrons. The Morgan fingerprint density at radius 2 is 1.72 bits per heavy atom. The lowest BCUT2D eigenvalue weighted by Crippen LogP contribution is -2.34. The van der Waals surface area contributed by atoms with E-state index < -0.39 is 0 Å². The summed E-state index contributed by atoms with van der Waals surface area (Å²) < 4.78 is 2.81. The molecule has 1 N–H and O–H groups in total. The first-order valence-electron chi connectivity index (χ1n) is 8.98. The minimum Gasteiger partial charge on any atom is -0.337 e. The number of aromatic nitrogens is 1. The summed E-state index contributed by atoms with van der Waals surface area (Å²) in [6.45, 7) is 1.77. The van der Waals surface area contributed by atoms with Crippen molar-refractivity contribution in [2.45, 2.75) is 11.8 Å². The van der Waals surface area contributed by atoms with Crippen molar-refractivity contribution in [2.24, 2.45) is 5.10 Å². The van der Waals surface area contributed by atoms with Gasteiger partial charge in [-0.25, -0.2) is 5.43 Å². The first-order chi connectivity index (χ1) is 14.1. The van der Waals surface area contributed by atoms with E-state index in [0.717, 1.165) is 21.3 Å². The van der Waals surface area contributed by atoms with Crippen LogP contribution in [0.4, 0.5) is 5.69 Å². The van der Waals surface area contributed by atoms with E-state index >= 15 is 0 Å². The third-order valence-electron chi connectivity index (χ3n) is 4.87. The quantitative estimate of drug-likeness (QED) is 0.653. The highest BCUT2D eigenvalue weighted by Gasteiger charge is 2.27. The van der Waals surface area contributed by atoms with Crippen LogP contribution in [-0.2, 0) is 4.79 Å². The van der Waals surface area contributed by atoms with Crippen LogP contribution in [0.15, 0.2) is 69.4 Å². The van der Waals surface area contributed by atoms with Crippen LogP contribution in [0.3, 0.4) is 0 Å². The maximum Gasteiger partial charge on any atom is 0.276 e. The van der Waals surface area contributed by atoms with Crippen molar-refractivity contribution >= 4 is 51.0 Å². The molecule has 144 valence electrons. The van der Waals surface area contributed by atoms with Crippen molar-refractivity contribution in [3.8, 4) is 5.69 Å². The second kappa shape index (κ2) is 6.75. The summed E-state index contributed by atoms with van der Waals surface area (Å²) in [5, 5.41) is 4.91. The van der Waals surface area contributed by atoms with E-state index in [1.165, 1.54) is 11.3 Å². The van der Waals surface area contributed by atoms with Gasteiger partial charge >= 0.3 is 0 Å². The Morgan fingerprint density at radius 1 is 1.00 bits per heavy atom. The molecule has 2 aromatic carbocycles. The monoisotopic (exact) mass is 420 g/mol. The number of hydrogen-bond acceptors (Lipinski definition) is 6. The van der Waals surface area contributed by atoms with Crippen LogP contribution in [0.1, 0.15) is 6.92 Å². The molecule has 6 nitrogen and oxygen atoms in total. The number of benzene rings is 2. The third kappa shape index (κ3) is 2.75. The number of hydrogen-bond donors (Lipinski definition) is 1. The number of fused-ring (bicyclic) bond motifs is 1. The number of thioether (sulfide) groups is 1. The van der Waals surface area contributed by atoms with Crippen LogP contribution in [0.25, 0.3) is 16.3 Å². The van der Waals surface area contributed by atoms with Crippen molar-refractivity contribution in [2.75, 3.05) is 11.9 Å². The van der Waals surface area contributed by atoms with E-state index in [4.69, 9.17) is 0 Å². The molecule has 2 aliphatic heterocycles. The van der Waals surface area contributed by atoms with Gasteiger partial charge in [0.05, 0.1) is 22.7 Å². The van der Waals surface area contributed by atoms with Gasteiger partial charge in [-0.3, -0.25) is 14.2 Å². The van der Waals surface area contributed by atoms with E-state index in [2.05, 4.69) is 10.5 Å². The van der Waals surface area contributed by atoms with Crippen LogP contribution < -0.4 is 25.1 Å². The molecule has 0 fully saturated rings. The third-order valence-corrected chi connectivity index (χ3v) is 7.39. The van der Waals surface area contributed by atoms with E-state index in [9.17, 15) is 9.59 Å². The fraction of sp³-hybridized carbons (Fsp3) is 0.0952. The van der Waals surface area contributed by atoms with Gasteiger partial charge in [0.15, 0.2) is 0 Å². The molecule has 3 heterocycles. The summed E-state index contributed by atoms with van der Waals surface area (Å²) in [5.74, 6) is -0.291. The number of amides is 1. The molecule has 8 heteroatoms. The molecule has 5 rings (SSSR count). The second-order valence-electron chi connectivity index (χ2n) is 6.66. The minimum atomic E-state index is -0.291. The molecule has 0 aliphatic carbocycles. The first-order valence-corrected chi connectivity index (χ1v) is 10.6. The number of hydrazone groups is 1. The molecule has 0 unspecified atom stereocenters. The maximum absolute atomic E-state index is 13.6. The van der Waals surface area contributed by atoms with Crippen molar-refractivity contribution < 1.29 is 4.79 Å². The van der Waals surface area contributed by atoms with Crippen LogP contribution in [-0.4, -0.2) is 23.2 Å². The summed E-state index contributed by atoms with van der Waals surface area (Å²) in [5.41, 5.74) is 5.16. The average molecular weight is 421 g/mol. The zero-order valence-electron chi connectivity index (χ0n) is 15.7. The van der Waals surface area contributed by atoms with Crippen molar-refractivity contribution in [3.63, 3.8) is 0 Å². The smallest absolute Gasteiger partial charge is 0.276 e. The van der Waals surface area contributed by atoms with Crippen molar-refractivity contribution in [1.82, 2.24) is 9.99 Å².